The fourth-order valence-electron chi connectivity index (χ4n) is 1.57. The number of carbonyl (C=O) groups is 1. The van der Waals surface area contributed by atoms with Crippen LogP contribution in [-0.2, 0) is 0 Å². The molecule has 0 atom stereocenters. The van der Waals surface area contributed by atoms with E-state index in [-0.39, 0.29) is 11.6 Å². The number of ether oxygens (including phenoxy) is 1. The summed E-state index contributed by atoms with van der Waals surface area (Å²) in [4.78, 5) is 24.3. The lowest BCUT2D eigenvalue weighted by molar-refractivity contribution is -0.384. The van der Waals surface area contributed by atoms with Crippen LogP contribution < -0.4 is 15.8 Å². The number of carboxylic acid groups (broad SMARTS) is 1. The number of nitrogens with zero attached hydrogens (tertiary/aromatic N) is 2. The standard InChI is InChI=1S/C12H10N4O5/c13-11-10(16(19)20)9(5-6-14-11)21-8-3-1-7(2-4-8)15-12(17)18/h1-6,15H,(H2,13,14)(H,17,18). The summed E-state index contributed by atoms with van der Waals surface area (Å²) >= 11 is 0. The highest BCUT2D eigenvalue weighted by atomic mass is 16.6. The summed E-state index contributed by atoms with van der Waals surface area (Å²) in [6, 6.07) is 7.16. The van der Waals surface area contributed by atoms with Crippen molar-refractivity contribution in [3.05, 3.63) is 46.6 Å². The molecule has 108 valence electrons. The molecule has 9 nitrogen and oxygen atoms in total. The van der Waals surface area contributed by atoms with E-state index in [4.69, 9.17) is 15.6 Å². The molecule has 9 heteroatoms. The first-order valence-corrected chi connectivity index (χ1v) is 5.64. The fourth-order valence-corrected chi connectivity index (χ4v) is 1.57. The first-order valence-electron chi connectivity index (χ1n) is 5.64. The Morgan fingerprint density at radius 1 is 1.33 bits per heavy atom. The van der Waals surface area contributed by atoms with Crippen molar-refractivity contribution >= 4 is 23.3 Å². The van der Waals surface area contributed by atoms with Crippen LogP contribution in [0.4, 0.5) is 22.0 Å². The SMILES string of the molecule is Nc1nccc(Oc2ccc(NC(=O)O)cc2)c1[N+](=O)[O-]. The van der Waals surface area contributed by atoms with E-state index >= 15 is 0 Å². The Kier molecular flexibility index (Phi) is 3.84. The molecule has 0 aliphatic heterocycles. The van der Waals surface area contributed by atoms with Gasteiger partial charge in [0.25, 0.3) is 0 Å². The molecule has 1 amide bonds. The van der Waals surface area contributed by atoms with Crippen LogP contribution in [0.25, 0.3) is 0 Å². The van der Waals surface area contributed by atoms with Crippen molar-refractivity contribution in [2.24, 2.45) is 0 Å². The number of hydrogen-bond donors (Lipinski definition) is 3. The summed E-state index contributed by atoms with van der Waals surface area (Å²) in [6.07, 6.45) is 0.0964. The lowest BCUT2D eigenvalue weighted by atomic mass is 10.3. The Hall–Kier alpha value is -3.36. The van der Waals surface area contributed by atoms with E-state index in [1.807, 2.05) is 0 Å². The summed E-state index contributed by atoms with van der Waals surface area (Å²) < 4.78 is 5.37. The number of nitrogens with one attached hydrogen (secondary N) is 1. The van der Waals surface area contributed by atoms with E-state index in [1.54, 1.807) is 0 Å². The largest absolute Gasteiger partial charge is 0.465 e. The van der Waals surface area contributed by atoms with E-state index in [1.165, 1.54) is 36.5 Å². The second-order valence-electron chi connectivity index (χ2n) is 3.86. The highest BCUT2D eigenvalue weighted by Gasteiger charge is 2.21. The van der Waals surface area contributed by atoms with E-state index in [2.05, 4.69) is 10.3 Å². The molecule has 4 N–H and O–H groups in total. The number of amides is 1. The number of rotatable bonds is 4. The molecule has 0 saturated heterocycles. The Morgan fingerprint density at radius 2 is 2.00 bits per heavy atom. The van der Waals surface area contributed by atoms with Gasteiger partial charge in [-0.15, -0.1) is 0 Å². The van der Waals surface area contributed by atoms with Gasteiger partial charge in [-0.3, -0.25) is 15.4 Å². The van der Waals surface area contributed by atoms with Gasteiger partial charge in [0.1, 0.15) is 5.75 Å². The highest BCUT2D eigenvalue weighted by molar-refractivity contribution is 5.82. The minimum atomic E-state index is -1.19. The van der Waals surface area contributed by atoms with Crippen LogP contribution >= 0.6 is 0 Å². The van der Waals surface area contributed by atoms with Gasteiger partial charge in [-0.25, -0.2) is 9.78 Å². The molecule has 0 saturated carbocycles. The van der Waals surface area contributed by atoms with Crippen molar-refractivity contribution in [2.75, 3.05) is 11.1 Å². The van der Waals surface area contributed by atoms with Crippen molar-refractivity contribution in [3.63, 3.8) is 0 Å². The molecule has 0 bridgehead atoms. The molecule has 0 spiro atoms. The average Bonchev–Trinajstić information content (AvgIpc) is 2.40. The average molecular weight is 290 g/mol. The lowest BCUT2D eigenvalue weighted by Crippen LogP contribution is -2.06. The Morgan fingerprint density at radius 3 is 2.57 bits per heavy atom. The number of aromatic nitrogens is 1. The molecule has 2 aromatic rings. The van der Waals surface area contributed by atoms with E-state index in [0.29, 0.717) is 11.4 Å². The van der Waals surface area contributed by atoms with Gasteiger partial charge in [0.15, 0.2) is 0 Å². The number of pyridine rings is 1. The topological polar surface area (TPSA) is 141 Å². The normalized spacial score (nSPS) is 9.90. The zero-order chi connectivity index (χ0) is 15.4. The second kappa shape index (κ2) is 5.74. The molecular formula is C12H10N4O5. The summed E-state index contributed by atoms with van der Waals surface area (Å²) in [7, 11) is 0. The van der Waals surface area contributed by atoms with Gasteiger partial charge >= 0.3 is 11.8 Å². The van der Waals surface area contributed by atoms with Crippen LogP contribution in [0, 0.1) is 10.1 Å². The second-order valence-corrected chi connectivity index (χ2v) is 3.86. The highest BCUT2D eigenvalue weighted by Crippen LogP contribution is 2.34. The van der Waals surface area contributed by atoms with Crippen LogP contribution in [0.1, 0.15) is 0 Å². The minimum absolute atomic E-state index is 0.0496. The van der Waals surface area contributed by atoms with E-state index in [0.717, 1.165) is 0 Å². The Bertz CT molecular complexity index is 687. The zero-order valence-corrected chi connectivity index (χ0v) is 10.5. The van der Waals surface area contributed by atoms with Crippen LogP contribution in [0.15, 0.2) is 36.5 Å². The van der Waals surface area contributed by atoms with Crippen molar-refractivity contribution < 1.29 is 19.6 Å². The van der Waals surface area contributed by atoms with Crippen LogP contribution in [0.2, 0.25) is 0 Å². The molecule has 2 rings (SSSR count). The van der Waals surface area contributed by atoms with Gasteiger partial charge < -0.3 is 15.6 Å². The maximum atomic E-state index is 10.9. The predicted octanol–water partition coefficient (Wildman–Crippen LogP) is 2.45. The molecule has 0 aliphatic carbocycles. The Balaban J connectivity index is 2.24. The molecule has 0 fully saturated rings. The van der Waals surface area contributed by atoms with Crippen LogP contribution in [0.3, 0.4) is 0 Å². The van der Waals surface area contributed by atoms with Crippen LogP contribution in [-0.4, -0.2) is 21.1 Å². The molecule has 0 aliphatic rings. The van der Waals surface area contributed by atoms with Crippen LogP contribution in [0.5, 0.6) is 11.5 Å². The van der Waals surface area contributed by atoms with Gasteiger partial charge in [-0.2, -0.15) is 0 Å². The molecule has 21 heavy (non-hydrogen) atoms. The maximum absolute atomic E-state index is 10.9. The summed E-state index contributed by atoms with van der Waals surface area (Å²) in [5.41, 5.74) is 5.37. The first-order chi connectivity index (χ1) is 9.97. The van der Waals surface area contributed by atoms with Gasteiger partial charge in [0.2, 0.25) is 11.6 Å². The van der Waals surface area contributed by atoms with Gasteiger partial charge in [0, 0.05) is 18.0 Å². The molecule has 1 aromatic heterocycles. The smallest absolute Gasteiger partial charge is 0.409 e. The van der Waals surface area contributed by atoms with Gasteiger partial charge in [-0.05, 0) is 24.3 Å². The number of benzene rings is 1. The van der Waals surface area contributed by atoms with Crippen molar-refractivity contribution in [1.29, 1.82) is 0 Å². The summed E-state index contributed by atoms with van der Waals surface area (Å²) in [5, 5.41) is 21.7. The molecular weight excluding hydrogens is 280 g/mol. The number of nitrogen functional groups attached to an aromatic ring is 1. The number of hydrogen-bond acceptors (Lipinski definition) is 6. The summed E-state index contributed by atoms with van der Waals surface area (Å²) in [5.74, 6) is -0.00672. The third-order valence-corrected chi connectivity index (χ3v) is 2.43. The quantitative estimate of drug-likeness (QED) is 0.580. The molecule has 0 unspecified atom stereocenters. The van der Waals surface area contributed by atoms with Gasteiger partial charge in [-0.1, -0.05) is 0 Å². The fraction of sp³-hybridized carbons (Fsp3) is 0. The van der Waals surface area contributed by atoms with Gasteiger partial charge in [0.05, 0.1) is 4.92 Å². The third-order valence-electron chi connectivity index (χ3n) is 2.43. The lowest BCUT2D eigenvalue weighted by Gasteiger charge is -2.07. The summed E-state index contributed by atoms with van der Waals surface area (Å²) in [6.45, 7) is 0. The van der Waals surface area contributed by atoms with E-state index in [9.17, 15) is 14.9 Å². The minimum Gasteiger partial charge on any atom is -0.465 e. The molecule has 1 heterocycles. The van der Waals surface area contributed by atoms with Crippen molar-refractivity contribution in [2.45, 2.75) is 0 Å². The Labute approximate surface area is 118 Å². The van der Waals surface area contributed by atoms with E-state index < -0.39 is 16.7 Å². The molecule has 1 aromatic carbocycles. The number of nitrogens with two attached hydrogens (primary N) is 1. The number of nitro groups is 1. The zero-order valence-electron chi connectivity index (χ0n) is 10.5. The maximum Gasteiger partial charge on any atom is 0.409 e. The van der Waals surface area contributed by atoms with Crippen molar-refractivity contribution in [1.82, 2.24) is 4.98 Å². The predicted molar refractivity (Wildman–Crippen MR) is 73.5 cm³/mol. The number of anilines is 2. The third kappa shape index (κ3) is 3.35. The monoisotopic (exact) mass is 290 g/mol. The first kappa shape index (κ1) is 14.1. The van der Waals surface area contributed by atoms with Crippen molar-refractivity contribution in [3.8, 4) is 11.5 Å². The molecule has 0 radical (unpaired) electrons.